The van der Waals surface area contributed by atoms with E-state index in [0.29, 0.717) is 12.1 Å². The number of carboxylic acid groups (broad SMARTS) is 1. The number of hydrogen-bond acceptors (Lipinski definition) is 3. The molecule has 2 N–H and O–H groups in total. The molecule has 3 rings (SSSR count). The lowest BCUT2D eigenvalue weighted by molar-refractivity contribution is 0.0696. The number of piperidine rings is 1. The van der Waals surface area contributed by atoms with E-state index in [2.05, 4.69) is 5.32 Å². The second-order valence-corrected chi connectivity index (χ2v) is 5.30. The molecule has 1 aromatic rings. The van der Waals surface area contributed by atoms with Gasteiger partial charge in [0.2, 0.25) is 0 Å². The van der Waals surface area contributed by atoms with Gasteiger partial charge >= 0.3 is 5.97 Å². The summed E-state index contributed by atoms with van der Waals surface area (Å²) >= 11 is 0. The highest BCUT2D eigenvalue weighted by atomic mass is 19.1. The molecule has 0 aliphatic carbocycles. The second kappa shape index (κ2) is 4.81. The van der Waals surface area contributed by atoms with E-state index in [9.17, 15) is 9.18 Å². The Balaban J connectivity index is 1.71. The maximum absolute atomic E-state index is 13.8. The van der Waals surface area contributed by atoms with Crippen LogP contribution < -0.4 is 10.1 Å². The summed E-state index contributed by atoms with van der Waals surface area (Å²) in [6, 6.07) is 4.74. The van der Waals surface area contributed by atoms with E-state index in [1.807, 2.05) is 0 Å². The van der Waals surface area contributed by atoms with Gasteiger partial charge in [-0.2, -0.15) is 0 Å². The highest BCUT2D eigenvalue weighted by Crippen LogP contribution is 2.30. The maximum atomic E-state index is 13.8. The van der Waals surface area contributed by atoms with Gasteiger partial charge in [-0.1, -0.05) is 0 Å². The van der Waals surface area contributed by atoms with Gasteiger partial charge in [0.25, 0.3) is 0 Å². The summed E-state index contributed by atoms with van der Waals surface area (Å²) in [6.07, 6.45) is 4.10. The molecular formula is C14H16FNO3. The zero-order valence-corrected chi connectivity index (χ0v) is 10.4. The number of aromatic carboxylic acids is 1. The molecule has 102 valence electrons. The number of halogens is 1. The summed E-state index contributed by atoms with van der Waals surface area (Å²) in [7, 11) is 0. The Bertz CT molecular complexity index is 493. The highest BCUT2D eigenvalue weighted by molar-refractivity contribution is 5.87. The minimum atomic E-state index is -1.13. The molecule has 1 aromatic carbocycles. The van der Waals surface area contributed by atoms with Crippen LogP contribution in [0.5, 0.6) is 5.75 Å². The number of ether oxygens (including phenoxy) is 1. The molecule has 2 unspecified atom stereocenters. The molecule has 2 aliphatic rings. The summed E-state index contributed by atoms with van der Waals surface area (Å²) in [5.74, 6) is -1.59. The Kier molecular flexibility index (Phi) is 3.14. The van der Waals surface area contributed by atoms with Crippen LogP contribution in [-0.4, -0.2) is 29.3 Å². The first-order valence-electron chi connectivity index (χ1n) is 6.57. The molecule has 0 amide bonds. The van der Waals surface area contributed by atoms with Crippen molar-refractivity contribution in [2.45, 2.75) is 43.9 Å². The predicted molar refractivity (Wildman–Crippen MR) is 67.0 cm³/mol. The van der Waals surface area contributed by atoms with Crippen LogP contribution in [-0.2, 0) is 0 Å². The van der Waals surface area contributed by atoms with Gasteiger partial charge in [-0.05, 0) is 43.9 Å². The van der Waals surface area contributed by atoms with E-state index in [1.54, 1.807) is 0 Å². The fraction of sp³-hybridized carbons (Fsp3) is 0.500. The minimum absolute atomic E-state index is 0.0175. The number of nitrogens with one attached hydrogen (secondary N) is 1. The van der Waals surface area contributed by atoms with Crippen molar-refractivity contribution in [2.75, 3.05) is 0 Å². The first kappa shape index (κ1) is 12.4. The fourth-order valence-electron chi connectivity index (χ4n) is 3.01. The van der Waals surface area contributed by atoms with Crippen molar-refractivity contribution in [1.29, 1.82) is 0 Å². The maximum Gasteiger partial charge on any atom is 0.335 e. The molecule has 0 saturated carbocycles. The van der Waals surface area contributed by atoms with Crippen LogP contribution in [0.1, 0.15) is 36.0 Å². The zero-order valence-electron chi connectivity index (χ0n) is 10.4. The van der Waals surface area contributed by atoms with Gasteiger partial charge < -0.3 is 15.2 Å². The minimum Gasteiger partial charge on any atom is -0.487 e. The molecule has 0 aromatic heterocycles. The molecule has 2 bridgehead atoms. The summed E-state index contributed by atoms with van der Waals surface area (Å²) < 4.78 is 19.5. The van der Waals surface area contributed by atoms with Crippen LogP contribution in [0, 0.1) is 5.82 Å². The number of fused-ring (bicyclic) bond motifs is 2. The number of benzene rings is 1. The lowest BCUT2D eigenvalue weighted by atomic mass is 10.0. The Morgan fingerprint density at radius 1 is 1.32 bits per heavy atom. The smallest absolute Gasteiger partial charge is 0.335 e. The lowest BCUT2D eigenvalue weighted by Crippen LogP contribution is -2.42. The van der Waals surface area contributed by atoms with Crippen molar-refractivity contribution in [3.63, 3.8) is 0 Å². The van der Waals surface area contributed by atoms with E-state index >= 15 is 0 Å². The molecule has 5 heteroatoms. The number of carbonyl (C=O) groups is 1. The molecule has 19 heavy (non-hydrogen) atoms. The molecule has 2 aliphatic heterocycles. The van der Waals surface area contributed by atoms with E-state index in [4.69, 9.17) is 9.84 Å². The predicted octanol–water partition coefficient (Wildman–Crippen LogP) is 2.19. The topological polar surface area (TPSA) is 58.6 Å². The summed E-state index contributed by atoms with van der Waals surface area (Å²) in [6.45, 7) is 0. The Morgan fingerprint density at radius 2 is 2.00 bits per heavy atom. The fourth-order valence-corrected chi connectivity index (χ4v) is 3.01. The zero-order chi connectivity index (χ0) is 13.4. The van der Waals surface area contributed by atoms with Gasteiger partial charge in [0, 0.05) is 12.1 Å². The number of rotatable bonds is 3. The molecule has 0 spiro atoms. The van der Waals surface area contributed by atoms with E-state index in [-0.39, 0.29) is 17.4 Å². The molecule has 2 saturated heterocycles. The van der Waals surface area contributed by atoms with Crippen molar-refractivity contribution < 1.29 is 19.0 Å². The monoisotopic (exact) mass is 265 g/mol. The lowest BCUT2D eigenvalue weighted by Gasteiger charge is -2.29. The third-order valence-electron chi connectivity index (χ3n) is 3.90. The van der Waals surface area contributed by atoms with Crippen molar-refractivity contribution in [3.05, 3.63) is 29.6 Å². The second-order valence-electron chi connectivity index (χ2n) is 5.30. The largest absolute Gasteiger partial charge is 0.487 e. The molecule has 4 nitrogen and oxygen atoms in total. The van der Waals surface area contributed by atoms with Gasteiger partial charge in [0.05, 0.1) is 5.56 Å². The number of carboxylic acids is 1. The van der Waals surface area contributed by atoms with Crippen LogP contribution in [0.3, 0.4) is 0 Å². The SMILES string of the molecule is O=C(O)c1ccc(OC2CC3CCC(C2)N3)c(F)c1. The summed E-state index contributed by atoms with van der Waals surface area (Å²) in [4.78, 5) is 10.7. The first-order chi connectivity index (χ1) is 9.11. The highest BCUT2D eigenvalue weighted by Gasteiger charge is 2.34. The van der Waals surface area contributed by atoms with Crippen LogP contribution >= 0.6 is 0 Å². The van der Waals surface area contributed by atoms with Gasteiger partial charge in [0.15, 0.2) is 11.6 Å². The van der Waals surface area contributed by atoms with E-state index in [1.165, 1.54) is 12.1 Å². The summed E-state index contributed by atoms with van der Waals surface area (Å²) in [5.41, 5.74) is -0.0600. The molecule has 2 heterocycles. The summed E-state index contributed by atoms with van der Waals surface area (Å²) in [5, 5.41) is 12.3. The Labute approximate surface area is 110 Å². The Hall–Kier alpha value is -1.62. The van der Waals surface area contributed by atoms with Crippen LogP contribution in [0.2, 0.25) is 0 Å². The average Bonchev–Trinajstić information content (AvgIpc) is 2.71. The molecule has 2 atom stereocenters. The van der Waals surface area contributed by atoms with Crippen LogP contribution in [0.15, 0.2) is 18.2 Å². The van der Waals surface area contributed by atoms with Crippen molar-refractivity contribution in [2.24, 2.45) is 0 Å². The van der Waals surface area contributed by atoms with E-state index in [0.717, 1.165) is 31.7 Å². The Morgan fingerprint density at radius 3 is 2.58 bits per heavy atom. The standard InChI is InChI=1S/C14H16FNO3/c15-12-5-8(14(17)18)1-4-13(12)19-11-6-9-2-3-10(7-11)16-9/h1,4-5,9-11,16H,2-3,6-7H2,(H,17,18). The van der Waals surface area contributed by atoms with Crippen molar-refractivity contribution in [3.8, 4) is 5.75 Å². The molecule has 2 fully saturated rings. The van der Waals surface area contributed by atoms with Gasteiger partial charge in [-0.3, -0.25) is 0 Å². The van der Waals surface area contributed by atoms with Gasteiger partial charge in [-0.15, -0.1) is 0 Å². The normalized spacial score (nSPS) is 29.2. The average molecular weight is 265 g/mol. The third kappa shape index (κ3) is 2.56. The molecule has 0 radical (unpaired) electrons. The number of hydrogen-bond donors (Lipinski definition) is 2. The van der Waals surface area contributed by atoms with Crippen molar-refractivity contribution in [1.82, 2.24) is 5.32 Å². The quantitative estimate of drug-likeness (QED) is 0.879. The van der Waals surface area contributed by atoms with E-state index < -0.39 is 11.8 Å². The third-order valence-corrected chi connectivity index (χ3v) is 3.90. The first-order valence-corrected chi connectivity index (χ1v) is 6.57. The van der Waals surface area contributed by atoms with Gasteiger partial charge in [-0.25, -0.2) is 9.18 Å². The van der Waals surface area contributed by atoms with Gasteiger partial charge in [0.1, 0.15) is 6.10 Å². The van der Waals surface area contributed by atoms with Crippen LogP contribution in [0.25, 0.3) is 0 Å². The molecular weight excluding hydrogens is 249 g/mol. The van der Waals surface area contributed by atoms with Crippen LogP contribution in [0.4, 0.5) is 4.39 Å². The van der Waals surface area contributed by atoms with Crippen molar-refractivity contribution >= 4 is 5.97 Å².